The van der Waals surface area contributed by atoms with Gasteiger partial charge in [0.2, 0.25) is 0 Å². The first-order chi connectivity index (χ1) is 15.8. The van der Waals surface area contributed by atoms with Crippen molar-refractivity contribution in [3.05, 3.63) is 12.2 Å². The van der Waals surface area contributed by atoms with E-state index in [-0.39, 0.29) is 40.8 Å². The summed E-state index contributed by atoms with van der Waals surface area (Å²) >= 11 is 0. The van der Waals surface area contributed by atoms with Crippen molar-refractivity contribution in [1.29, 1.82) is 0 Å². The van der Waals surface area contributed by atoms with Gasteiger partial charge in [0, 0.05) is 11.3 Å². The van der Waals surface area contributed by atoms with Gasteiger partial charge in [-0.1, -0.05) is 19.9 Å². The average Bonchev–Trinajstić information content (AvgIpc) is 3.27. The monoisotopic (exact) mass is 470 g/mol. The van der Waals surface area contributed by atoms with E-state index in [0.717, 1.165) is 32.1 Å². The van der Waals surface area contributed by atoms with Crippen LogP contribution in [0.15, 0.2) is 12.2 Å². The molecule has 6 nitrogen and oxygen atoms in total. The van der Waals surface area contributed by atoms with Crippen molar-refractivity contribution >= 4 is 11.8 Å². The molecule has 2 N–H and O–H groups in total. The van der Waals surface area contributed by atoms with Crippen LogP contribution in [-0.4, -0.2) is 51.0 Å². The molecular weight excluding hydrogens is 432 g/mol. The molecule has 0 radical (unpaired) electrons. The minimum absolute atomic E-state index is 0.143. The predicted octanol–water partition coefficient (Wildman–Crippen LogP) is 3.33. The highest BCUT2D eigenvalue weighted by Gasteiger charge is 2.79. The Morgan fingerprint density at radius 1 is 0.971 bits per heavy atom. The Morgan fingerprint density at radius 2 is 1.71 bits per heavy atom. The molecule has 12 atom stereocenters. The Labute approximate surface area is 201 Å². The minimum atomic E-state index is -1.52. The summed E-state index contributed by atoms with van der Waals surface area (Å²) in [6.45, 7) is 7.96. The molecule has 0 aromatic rings. The van der Waals surface area contributed by atoms with E-state index >= 15 is 0 Å². The van der Waals surface area contributed by atoms with E-state index in [0.29, 0.717) is 31.1 Å². The summed E-state index contributed by atoms with van der Waals surface area (Å²) in [7, 11) is 0. The third kappa shape index (κ3) is 2.11. The van der Waals surface area contributed by atoms with Crippen LogP contribution >= 0.6 is 0 Å². The van der Waals surface area contributed by atoms with Gasteiger partial charge in [0.1, 0.15) is 11.7 Å². The summed E-state index contributed by atoms with van der Waals surface area (Å²) in [4.78, 5) is 25.9. The van der Waals surface area contributed by atoms with Crippen LogP contribution in [-0.2, 0) is 19.1 Å². The van der Waals surface area contributed by atoms with Crippen molar-refractivity contribution in [3.63, 3.8) is 0 Å². The first kappa shape index (κ1) is 22.0. The van der Waals surface area contributed by atoms with Gasteiger partial charge in [0.05, 0.1) is 17.1 Å². The molecule has 5 aliphatic carbocycles. The number of allylic oxidation sites excluding steroid dienone is 1. The summed E-state index contributed by atoms with van der Waals surface area (Å²) in [5.41, 5.74) is -4.13. The fourth-order valence-corrected chi connectivity index (χ4v) is 10.5. The number of carbonyl (C=O) groups excluding carboxylic acids is 2. The maximum Gasteiger partial charge on any atom is 0.338 e. The number of fused-ring (bicyclic) bond motifs is 6. The number of epoxide rings is 1. The Kier molecular flexibility index (Phi) is 3.88. The zero-order valence-electron chi connectivity index (χ0n) is 20.8. The van der Waals surface area contributed by atoms with Crippen LogP contribution in [0.2, 0.25) is 0 Å². The van der Waals surface area contributed by atoms with Crippen LogP contribution in [0.25, 0.3) is 0 Å². The second kappa shape index (κ2) is 6.00. The van der Waals surface area contributed by atoms with Gasteiger partial charge in [-0.05, 0) is 94.5 Å². The molecule has 2 aliphatic heterocycles. The van der Waals surface area contributed by atoms with Crippen molar-refractivity contribution in [2.75, 3.05) is 0 Å². The van der Waals surface area contributed by atoms with Gasteiger partial charge in [0.25, 0.3) is 0 Å². The lowest BCUT2D eigenvalue weighted by Crippen LogP contribution is -2.62. The highest BCUT2D eigenvalue weighted by Crippen LogP contribution is 2.74. The van der Waals surface area contributed by atoms with E-state index in [4.69, 9.17) is 9.47 Å². The van der Waals surface area contributed by atoms with Gasteiger partial charge >= 0.3 is 5.97 Å². The number of rotatable bonds is 1. The van der Waals surface area contributed by atoms with Gasteiger partial charge in [-0.3, -0.25) is 4.79 Å². The predicted molar refractivity (Wildman–Crippen MR) is 122 cm³/mol. The van der Waals surface area contributed by atoms with E-state index in [1.54, 1.807) is 13.0 Å². The van der Waals surface area contributed by atoms with E-state index in [2.05, 4.69) is 13.8 Å². The van der Waals surface area contributed by atoms with Gasteiger partial charge in [-0.2, -0.15) is 0 Å². The SMILES string of the molecule is CC12CC(OC(=O)C1(C)O)C(C1(O)CCC3C4CC5OC56CC=CC(=O)C6(C)C4CCC31C)C2. The summed E-state index contributed by atoms with van der Waals surface area (Å²) < 4.78 is 12.1. The molecule has 4 saturated carbocycles. The van der Waals surface area contributed by atoms with Crippen LogP contribution in [0.5, 0.6) is 0 Å². The lowest BCUT2D eigenvalue weighted by molar-refractivity contribution is -0.200. The maximum atomic E-state index is 13.3. The molecule has 6 heteroatoms. The normalized spacial score (nSPS) is 63.5. The van der Waals surface area contributed by atoms with Crippen LogP contribution in [0.4, 0.5) is 0 Å². The number of aliphatic hydroxyl groups is 2. The number of ether oxygens (including phenoxy) is 2. The van der Waals surface area contributed by atoms with Crippen LogP contribution in [0.3, 0.4) is 0 Å². The summed E-state index contributed by atoms with van der Waals surface area (Å²) in [5.74, 6) is 0.459. The molecule has 1 spiro atoms. The molecule has 7 aliphatic rings. The van der Waals surface area contributed by atoms with Crippen molar-refractivity contribution in [2.45, 2.75) is 108 Å². The fourth-order valence-electron chi connectivity index (χ4n) is 10.5. The molecule has 6 fully saturated rings. The molecule has 0 amide bonds. The van der Waals surface area contributed by atoms with Crippen molar-refractivity contribution in [1.82, 2.24) is 0 Å². The maximum absolute atomic E-state index is 13.3. The number of esters is 1. The largest absolute Gasteiger partial charge is 0.460 e. The second-order valence-electron chi connectivity index (χ2n) is 13.8. The molecular formula is C28H38O6. The smallest absolute Gasteiger partial charge is 0.338 e. The average molecular weight is 471 g/mol. The zero-order chi connectivity index (χ0) is 24.1. The summed E-state index contributed by atoms with van der Waals surface area (Å²) in [6, 6.07) is 0. The lowest BCUT2D eigenvalue weighted by atomic mass is 9.44. The van der Waals surface area contributed by atoms with Gasteiger partial charge in [0.15, 0.2) is 11.4 Å². The van der Waals surface area contributed by atoms with Gasteiger partial charge in [-0.25, -0.2) is 4.79 Å². The molecule has 12 unspecified atom stereocenters. The Balaban J connectivity index is 1.24. The standard InChI is InChI=1S/C28H38O6/c1-23-13-18(19(14-23)33-22(30)26(23,4)31)27(32)11-8-16-15-12-21-28(34-21)9-5-6-20(29)25(28,3)17(15)7-10-24(16,27)2/h5-6,15-19,21,31-32H,7-14H2,1-4H3. The fraction of sp³-hybridized carbons (Fsp3) is 0.857. The first-order valence-corrected chi connectivity index (χ1v) is 13.4. The highest BCUT2D eigenvalue weighted by molar-refractivity contribution is 5.97. The summed E-state index contributed by atoms with van der Waals surface area (Å²) in [6.07, 6.45) is 10.00. The number of ketones is 1. The number of hydrogen-bond acceptors (Lipinski definition) is 6. The third-order valence-electron chi connectivity index (χ3n) is 13.0. The third-order valence-corrected chi connectivity index (χ3v) is 13.0. The topological polar surface area (TPSA) is 96.4 Å². The van der Waals surface area contributed by atoms with Crippen LogP contribution in [0.1, 0.15) is 79.1 Å². The Bertz CT molecular complexity index is 1030. The molecule has 7 rings (SSSR count). The van der Waals surface area contributed by atoms with E-state index in [1.165, 1.54) is 0 Å². The second-order valence-corrected chi connectivity index (χ2v) is 13.8. The van der Waals surface area contributed by atoms with Gasteiger partial charge in [-0.15, -0.1) is 0 Å². The van der Waals surface area contributed by atoms with Gasteiger partial charge < -0.3 is 19.7 Å². The lowest BCUT2D eigenvalue weighted by Gasteiger charge is -2.59. The van der Waals surface area contributed by atoms with Crippen LogP contribution < -0.4 is 0 Å². The first-order valence-electron chi connectivity index (χ1n) is 13.4. The molecule has 186 valence electrons. The molecule has 2 bridgehead atoms. The number of hydrogen-bond donors (Lipinski definition) is 2. The molecule has 2 saturated heterocycles. The molecule has 34 heavy (non-hydrogen) atoms. The summed E-state index contributed by atoms with van der Waals surface area (Å²) in [5, 5.41) is 23.5. The van der Waals surface area contributed by atoms with E-state index in [1.807, 2.05) is 13.0 Å². The Morgan fingerprint density at radius 3 is 2.47 bits per heavy atom. The quantitative estimate of drug-likeness (QED) is 0.451. The van der Waals surface area contributed by atoms with Crippen molar-refractivity contribution < 1.29 is 29.3 Å². The molecule has 0 aromatic carbocycles. The molecule has 2 heterocycles. The van der Waals surface area contributed by atoms with Crippen molar-refractivity contribution in [2.24, 2.45) is 39.9 Å². The van der Waals surface area contributed by atoms with E-state index in [9.17, 15) is 19.8 Å². The Hall–Kier alpha value is -1.24. The highest BCUT2D eigenvalue weighted by atomic mass is 16.6. The van der Waals surface area contributed by atoms with E-state index < -0.39 is 28.0 Å². The number of carbonyl (C=O) groups is 2. The van der Waals surface area contributed by atoms with Crippen LogP contribution in [0, 0.1) is 39.9 Å². The molecule has 0 aromatic heterocycles. The van der Waals surface area contributed by atoms with Crippen molar-refractivity contribution in [3.8, 4) is 0 Å². The zero-order valence-corrected chi connectivity index (χ0v) is 20.8. The minimum Gasteiger partial charge on any atom is -0.460 e.